The van der Waals surface area contributed by atoms with Crippen molar-refractivity contribution in [2.75, 3.05) is 25.7 Å². The number of ether oxygens (including phenoxy) is 2. The van der Waals surface area contributed by atoms with Crippen LogP contribution in [0.3, 0.4) is 0 Å². The number of hydrogen-bond acceptors (Lipinski definition) is 3. The summed E-state index contributed by atoms with van der Waals surface area (Å²) in [4.78, 5) is 2.34. The van der Waals surface area contributed by atoms with Gasteiger partial charge in [0.2, 0.25) is 0 Å². The number of anilines is 2. The third-order valence-electron chi connectivity index (χ3n) is 5.16. The van der Waals surface area contributed by atoms with Gasteiger partial charge in [-0.1, -0.05) is 15.9 Å². The van der Waals surface area contributed by atoms with Crippen molar-refractivity contribution in [3.05, 3.63) is 46.4 Å². The Kier molecular flexibility index (Phi) is 3.43. The quantitative estimate of drug-likeness (QED) is 0.494. The number of methoxy groups -OCH3 is 2. The van der Waals surface area contributed by atoms with Crippen LogP contribution in [0, 0.1) is 0 Å². The second-order valence-corrected chi connectivity index (χ2v) is 7.42. The van der Waals surface area contributed by atoms with E-state index in [2.05, 4.69) is 55.3 Å². The lowest BCUT2D eigenvalue weighted by Crippen LogP contribution is -2.14. The second kappa shape index (κ2) is 5.71. The fraction of sp³-hybridized carbons (Fsp3) is 0.200. The fourth-order valence-corrected chi connectivity index (χ4v) is 4.34. The maximum atomic E-state index is 5.46. The van der Waals surface area contributed by atoms with Crippen molar-refractivity contribution in [1.29, 1.82) is 0 Å². The van der Waals surface area contributed by atoms with Crippen LogP contribution in [0.15, 0.2) is 40.9 Å². The topological polar surface area (TPSA) is 53.3 Å². The van der Waals surface area contributed by atoms with Gasteiger partial charge in [0, 0.05) is 27.7 Å². The van der Waals surface area contributed by atoms with Crippen molar-refractivity contribution in [2.24, 2.45) is 0 Å². The number of benzene rings is 2. The first-order chi connectivity index (χ1) is 12.7. The van der Waals surface area contributed by atoms with E-state index < -0.39 is 0 Å². The van der Waals surface area contributed by atoms with Gasteiger partial charge in [0.05, 0.1) is 19.9 Å². The summed E-state index contributed by atoms with van der Waals surface area (Å²) in [6.45, 7) is 0.962. The highest BCUT2D eigenvalue weighted by Gasteiger charge is 2.27. The molecule has 6 heteroatoms. The van der Waals surface area contributed by atoms with Gasteiger partial charge in [0.15, 0.2) is 11.5 Å². The molecule has 1 aliphatic carbocycles. The zero-order valence-electron chi connectivity index (χ0n) is 14.5. The molecular weight excluding hydrogens is 394 g/mol. The molecule has 5 rings (SSSR count). The van der Waals surface area contributed by atoms with Crippen LogP contribution in [0.25, 0.3) is 22.0 Å². The number of fused-ring (bicyclic) bond motifs is 4. The number of H-pyrrole nitrogens is 2. The standard InChI is InChI=1S/C20H18BrN3O2/c1-25-17-9-12-8-15-19(14(12)10-18(17)26-2)22-23-20(15)24-6-5-11-7-13(21)3-4-16(11)24/h3-4,7-10,22-23H,5-6H2,1-2H3. The minimum Gasteiger partial charge on any atom is -0.493 e. The highest BCUT2D eigenvalue weighted by atomic mass is 79.9. The summed E-state index contributed by atoms with van der Waals surface area (Å²) in [5.74, 6) is 2.57. The second-order valence-electron chi connectivity index (χ2n) is 6.50. The van der Waals surface area contributed by atoms with E-state index in [1.54, 1.807) is 14.2 Å². The van der Waals surface area contributed by atoms with Crippen LogP contribution in [0.1, 0.15) is 5.56 Å². The molecule has 5 nitrogen and oxygen atoms in total. The van der Waals surface area contributed by atoms with E-state index in [9.17, 15) is 0 Å². The molecule has 2 aromatic rings. The van der Waals surface area contributed by atoms with E-state index in [1.807, 2.05) is 12.1 Å². The Morgan fingerprint density at radius 1 is 1.00 bits per heavy atom. The van der Waals surface area contributed by atoms with Crippen LogP contribution in [-0.4, -0.2) is 31.0 Å². The molecule has 2 N–H and O–H groups in total. The Balaban J connectivity index is 1.65. The average molecular weight is 412 g/mol. The first-order valence-corrected chi connectivity index (χ1v) is 9.29. The molecule has 0 aromatic heterocycles. The monoisotopic (exact) mass is 411 g/mol. The van der Waals surface area contributed by atoms with E-state index in [4.69, 9.17) is 9.47 Å². The van der Waals surface area contributed by atoms with Gasteiger partial charge in [0.1, 0.15) is 5.82 Å². The first kappa shape index (κ1) is 15.6. The average Bonchev–Trinajstić information content (AvgIpc) is 3.32. The van der Waals surface area contributed by atoms with Crippen molar-refractivity contribution in [2.45, 2.75) is 6.42 Å². The van der Waals surface area contributed by atoms with E-state index in [0.717, 1.165) is 51.2 Å². The van der Waals surface area contributed by atoms with Gasteiger partial charge < -0.3 is 14.4 Å². The number of rotatable bonds is 3. The summed E-state index contributed by atoms with van der Waals surface area (Å²) in [5, 5.41) is 8.97. The maximum absolute atomic E-state index is 5.46. The highest BCUT2D eigenvalue weighted by Crippen LogP contribution is 2.46. The molecule has 2 heterocycles. The van der Waals surface area contributed by atoms with Crippen LogP contribution in [-0.2, 0) is 6.42 Å². The van der Waals surface area contributed by atoms with Crippen molar-refractivity contribution >= 4 is 38.2 Å². The molecule has 0 amide bonds. The highest BCUT2D eigenvalue weighted by molar-refractivity contribution is 9.10. The molecule has 26 heavy (non-hydrogen) atoms. The number of aromatic nitrogens is 2. The summed E-state index contributed by atoms with van der Waals surface area (Å²) < 4.78 is 12.0. The number of halogens is 1. The Morgan fingerprint density at radius 2 is 1.81 bits per heavy atom. The van der Waals surface area contributed by atoms with Crippen molar-refractivity contribution in [3.63, 3.8) is 0 Å². The summed E-state index contributed by atoms with van der Waals surface area (Å²) in [7, 11) is 3.33. The van der Waals surface area contributed by atoms with Crippen molar-refractivity contribution in [3.8, 4) is 22.8 Å². The van der Waals surface area contributed by atoms with E-state index in [1.165, 1.54) is 16.8 Å². The predicted octanol–water partition coefficient (Wildman–Crippen LogP) is 5.07. The minimum atomic E-state index is 0.736. The van der Waals surface area contributed by atoms with E-state index >= 15 is 0 Å². The van der Waals surface area contributed by atoms with Crippen LogP contribution < -0.4 is 14.4 Å². The molecule has 2 aliphatic heterocycles. The molecule has 3 aliphatic rings. The smallest absolute Gasteiger partial charge is 0.161 e. The lowest BCUT2D eigenvalue weighted by atomic mass is 10.1. The molecule has 2 aromatic carbocycles. The zero-order valence-corrected chi connectivity index (χ0v) is 16.1. The fourth-order valence-electron chi connectivity index (χ4n) is 3.93. The van der Waals surface area contributed by atoms with Gasteiger partial charge in [0.25, 0.3) is 0 Å². The van der Waals surface area contributed by atoms with Crippen LogP contribution in [0.5, 0.6) is 11.5 Å². The van der Waals surface area contributed by atoms with Crippen LogP contribution in [0.4, 0.5) is 11.5 Å². The molecule has 0 bridgehead atoms. The largest absolute Gasteiger partial charge is 0.493 e. The Bertz CT molecular complexity index is 1100. The van der Waals surface area contributed by atoms with Crippen molar-refractivity contribution < 1.29 is 9.47 Å². The van der Waals surface area contributed by atoms with E-state index in [-0.39, 0.29) is 0 Å². The van der Waals surface area contributed by atoms with Gasteiger partial charge in [-0.25, -0.2) is 0 Å². The molecule has 0 radical (unpaired) electrons. The maximum Gasteiger partial charge on any atom is 0.161 e. The number of nitrogens with one attached hydrogen (secondary N) is 2. The summed E-state index contributed by atoms with van der Waals surface area (Å²) >= 11 is 3.57. The molecule has 0 saturated carbocycles. The summed E-state index contributed by atoms with van der Waals surface area (Å²) in [6, 6.07) is 12.7. The molecular formula is C20H18BrN3O2. The third kappa shape index (κ3) is 2.15. The third-order valence-corrected chi connectivity index (χ3v) is 5.66. The van der Waals surface area contributed by atoms with E-state index in [0.29, 0.717) is 0 Å². The zero-order chi connectivity index (χ0) is 17.8. The normalized spacial score (nSPS) is 13.6. The molecule has 0 spiro atoms. The molecule has 0 atom stereocenters. The van der Waals surface area contributed by atoms with Gasteiger partial charge in [-0.05, 0) is 53.8 Å². The minimum absolute atomic E-state index is 0.736. The van der Waals surface area contributed by atoms with Gasteiger partial charge in [-0.3, -0.25) is 10.2 Å². The van der Waals surface area contributed by atoms with Gasteiger partial charge in [-0.2, -0.15) is 0 Å². The SMILES string of the molecule is COc1cc2cc3c(N4CCc5cc(Br)ccc54)[nH][nH]c-3c2cc1OC. The van der Waals surface area contributed by atoms with Crippen molar-refractivity contribution in [1.82, 2.24) is 10.2 Å². The van der Waals surface area contributed by atoms with Crippen LogP contribution in [0.2, 0.25) is 0 Å². The van der Waals surface area contributed by atoms with Gasteiger partial charge >= 0.3 is 0 Å². The Labute approximate surface area is 159 Å². The predicted molar refractivity (Wildman–Crippen MR) is 107 cm³/mol. The lowest BCUT2D eigenvalue weighted by molar-refractivity contribution is 0.356. The molecule has 0 unspecified atom stereocenters. The Morgan fingerprint density at radius 3 is 2.62 bits per heavy atom. The summed E-state index contributed by atoms with van der Waals surface area (Å²) in [5.41, 5.74) is 4.87. The number of hydrogen-bond donors (Lipinski definition) is 2. The molecule has 0 fully saturated rings. The van der Waals surface area contributed by atoms with Crippen LogP contribution >= 0.6 is 15.9 Å². The van der Waals surface area contributed by atoms with Gasteiger partial charge in [-0.15, -0.1) is 0 Å². The molecule has 0 saturated heterocycles. The molecule has 132 valence electrons. The Hall–Kier alpha value is -2.60. The number of aromatic amines is 2. The number of nitrogens with zero attached hydrogens (tertiary/aromatic N) is 1. The summed E-state index contributed by atoms with van der Waals surface area (Å²) in [6.07, 6.45) is 1.04. The lowest BCUT2D eigenvalue weighted by Gasteiger charge is -2.18. The first-order valence-electron chi connectivity index (χ1n) is 8.50.